The van der Waals surface area contributed by atoms with Crippen molar-refractivity contribution < 1.29 is 9.90 Å². The molecule has 0 radical (unpaired) electrons. The van der Waals surface area contributed by atoms with Crippen molar-refractivity contribution in [1.82, 2.24) is 15.1 Å². The molecule has 1 unspecified atom stereocenters. The minimum absolute atomic E-state index is 0.0914. The molecule has 1 aromatic rings. The molecule has 0 bridgehead atoms. The van der Waals surface area contributed by atoms with Crippen molar-refractivity contribution in [3.8, 4) is 0 Å². The molecule has 0 aliphatic carbocycles. The summed E-state index contributed by atoms with van der Waals surface area (Å²) in [6.07, 6.45) is 0.495. The molecular formula is C11H17N3O4. The van der Waals surface area contributed by atoms with Crippen molar-refractivity contribution in [2.75, 3.05) is 6.54 Å². The van der Waals surface area contributed by atoms with Gasteiger partial charge in [-0.25, -0.2) is 4.68 Å². The fourth-order valence-corrected chi connectivity index (χ4v) is 1.19. The summed E-state index contributed by atoms with van der Waals surface area (Å²) in [6.45, 7) is 3.21. The van der Waals surface area contributed by atoms with Crippen LogP contribution in [0, 0.1) is 0 Å². The van der Waals surface area contributed by atoms with Crippen molar-refractivity contribution in [1.29, 1.82) is 0 Å². The summed E-state index contributed by atoms with van der Waals surface area (Å²) in [5, 5.41) is 14.4. The van der Waals surface area contributed by atoms with Gasteiger partial charge in [0.2, 0.25) is 5.91 Å². The van der Waals surface area contributed by atoms with Gasteiger partial charge < -0.3 is 10.4 Å². The summed E-state index contributed by atoms with van der Waals surface area (Å²) in [5.41, 5.74) is -1.90. The molecule has 7 heteroatoms. The van der Waals surface area contributed by atoms with Gasteiger partial charge in [0.1, 0.15) is 6.54 Å². The molecule has 0 saturated carbocycles. The van der Waals surface area contributed by atoms with E-state index in [1.54, 1.807) is 13.8 Å². The molecule has 1 heterocycles. The third-order valence-electron chi connectivity index (χ3n) is 2.62. The lowest BCUT2D eigenvalue weighted by molar-refractivity contribution is -0.123. The second-order valence-corrected chi connectivity index (χ2v) is 4.36. The molecular weight excluding hydrogens is 238 g/mol. The van der Waals surface area contributed by atoms with E-state index < -0.39 is 22.6 Å². The van der Waals surface area contributed by atoms with Crippen LogP contribution in [0.3, 0.4) is 0 Å². The van der Waals surface area contributed by atoms with Crippen molar-refractivity contribution in [2.45, 2.75) is 32.4 Å². The molecule has 1 amide bonds. The van der Waals surface area contributed by atoms with Crippen LogP contribution in [0.4, 0.5) is 0 Å². The normalized spacial score (nSPS) is 13.9. The number of amides is 1. The van der Waals surface area contributed by atoms with Crippen LogP contribution < -0.4 is 16.4 Å². The van der Waals surface area contributed by atoms with E-state index in [0.29, 0.717) is 6.42 Å². The van der Waals surface area contributed by atoms with E-state index in [-0.39, 0.29) is 13.1 Å². The molecule has 1 aromatic heterocycles. The standard InChI is InChI=1S/C11H17N3O4/c1-3-11(2,18)7-12-9(16)6-14-10(17)5-4-8(15)13-14/h4-5,18H,3,6-7H2,1-2H3,(H,12,16)(H,13,15). The first kappa shape index (κ1) is 14.2. The van der Waals surface area contributed by atoms with Gasteiger partial charge in [-0.1, -0.05) is 6.92 Å². The molecule has 0 aliphatic heterocycles. The van der Waals surface area contributed by atoms with Gasteiger partial charge >= 0.3 is 0 Å². The molecule has 0 fully saturated rings. The number of nitrogens with zero attached hydrogens (tertiary/aromatic N) is 1. The Morgan fingerprint density at radius 1 is 1.50 bits per heavy atom. The largest absolute Gasteiger partial charge is 0.388 e. The van der Waals surface area contributed by atoms with E-state index >= 15 is 0 Å². The smallest absolute Gasteiger partial charge is 0.265 e. The van der Waals surface area contributed by atoms with Crippen molar-refractivity contribution >= 4 is 5.91 Å². The number of hydrogen-bond donors (Lipinski definition) is 3. The highest BCUT2D eigenvalue weighted by molar-refractivity contribution is 5.75. The maximum Gasteiger partial charge on any atom is 0.265 e. The molecule has 1 atom stereocenters. The van der Waals surface area contributed by atoms with Gasteiger partial charge in [-0.05, 0) is 13.3 Å². The number of carbonyl (C=O) groups excluding carboxylic acids is 1. The van der Waals surface area contributed by atoms with Crippen LogP contribution in [-0.2, 0) is 11.3 Å². The number of rotatable bonds is 5. The fraction of sp³-hybridized carbons (Fsp3) is 0.545. The van der Waals surface area contributed by atoms with Crippen LogP contribution in [0.5, 0.6) is 0 Å². The predicted octanol–water partition coefficient (Wildman–Crippen LogP) is -1.19. The zero-order chi connectivity index (χ0) is 13.8. The Labute approximate surface area is 103 Å². The van der Waals surface area contributed by atoms with Gasteiger partial charge in [0.05, 0.1) is 5.60 Å². The minimum Gasteiger partial charge on any atom is -0.388 e. The molecule has 0 aliphatic rings. The summed E-state index contributed by atoms with van der Waals surface area (Å²) < 4.78 is 0.915. The molecule has 1 rings (SSSR count). The lowest BCUT2D eigenvalue weighted by atomic mass is 10.0. The maximum absolute atomic E-state index is 11.5. The number of aliphatic hydroxyl groups is 1. The fourth-order valence-electron chi connectivity index (χ4n) is 1.19. The van der Waals surface area contributed by atoms with E-state index in [1.807, 2.05) is 0 Å². The van der Waals surface area contributed by atoms with Crippen molar-refractivity contribution in [3.05, 3.63) is 32.8 Å². The van der Waals surface area contributed by atoms with Crippen LogP contribution in [0.25, 0.3) is 0 Å². The van der Waals surface area contributed by atoms with E-state index in [0.717, 1.165) is 16.8 Å². The second-order valence-electron chi connectivity index (χ2n) is 4.36. The van der Waals surface area contributed by atoms with E-state index in [2.05, 4.69) is 10.4 Å². The van der Waals surface area contributed by atoms with Gasteiger partial charge in [0, 0.05) is 18.7 Å². The highest BCUT2D eigenvalue weighted by Gasteiger charge is 2.18. The number of carbonyl (C=O) groups is 1. The number of H-pyrrole nitrogens is 1. The highest BCUT2D eigenvalue weighted by Crippen LogP contribution is 2.05. The Morgan fingerprint density at radius 2 is 2.17 bits per heavy atom. The average molecular weight is 255 g/mol. The highest BCUT2D eigenvalue weighted by atomic mass is 16.3. The van der Waals surface area contributed by atoms with E-state index in [9.17, 15) is 19.5 Å². The zero-order valence-corrected chi connectivity index (χ0v) is 10.4. The Kier molecular flexibility index (Phi) is 4.43. The predicted molar refractivity (Wildman–Crippen MR) is 65.2 cm³/mol. The van der Waals surface area contributed by atoms with Gasteiger partial charge in [-0.2, -0.15) is 0 Å². The summed E-state index contributed by atoms with van der Waals surface area (Å²) in [7, 11) is 0. The Bertz CT molecular complexity index is 530. The lowest BCUT2D eigenvalue weighted by Crippen LogP contribution is -2.43. The summed E-state index contributed by atoms with van der Waals surface area (Å²) >= 11 is 0. The lowest BCUT2D eigenvalue weighted by Gasteiger charge is -2.21. The molecule has 100 valence electrons. The van der Waals surface area contributed by atoms with Crippen LogP contribution in [0.15, 0.2) is 21.7 Å². The van der Waals surface area contributed by atoms with E-state index in [4.69, 9.17) is 0 Å². The van der Waals surface area contributed by atoms with Crippen LogP contribution in [0.2, 0.25) is 0 Å². The first-order valence-electron chi connectivity index (χ1n) is 5.63. The Morgan fingerprint density at radius 3 is 2.78 bits per heavy atom. The zero-order valence-electron chi connectivity index (χ0n) is 10.4. The Balaban J connectivity index is 2.63. The van der Waals surface area contributed by atoms with E-state index in [1.165, 1.54) is 0 Å². The minimum atomic E-state index is -0.981. The second kappa shape index (κ2) is 5.63. The summed E-state index contributed by atoms with van der Waals surface area (Å²) in [6, 6.07) is 2.19. The van der Waals surface area contributed by atoms with Gasteiger partial charge in [0.15, 0.2) is 0 Å². The van der Waals surface area contributed by atoms with Crippen LogP contribution >= 0.6 is 0 Å². The number of aromatic nitrogens is 2. The average Bonchev–Trinajstić information content (AvgIpc) is 2.31. The topological polar surface area (TPSA) is 104 Å². The van der Waals surface area contributed by atoms with Gasteiger partial charge in [-0.3, -0.25) is 19.5 Å². The number of hydrogen-bond acceptors (Lipinski definition) is 4. The molecule has 0 aromatic carbocycles. The quantitative estimate of drug-likeness (QED) is 0.615. The van der Waals surface area contributed by atoms with Gasteiger partial charge in [0.25, 0.3) is 11.1 Å². The molecule has 18 heavy (non-hydrogen) atoms. The monoisotopic (exact) mass is 255 g/mol. The molecule has 3 N–H and O–H groups in total. The summed E-state index contributed by atoms with van der Waals surface area (Å²) in [5.74, 6) is -0.451. The molecule has 0 saturated heterocycles. The first-order valence-corrected chi connectivity index (χ1v) is 5.63. The molecule has 7 nitrogen and oxygen atoms in total. The first-order chi connectivity index (χ1) is 8.34. The number of nitrogens with one attached hydrogen (secondary N) is 2. The Hall–Kier alpha value is -1.89. The molecule has 0 spiro atoms. The third kappa shape index (κ3) is 4.17. The van der Waals surface area contributed by atoms with Crippen LogP contribution in [-0.4, -0.2) is 32.9 Å². The maximum atomic E-state index is 11.5. The van der Waals surface area contributed by atoms with Gasteiger partial charge in [-0.15, -0.1) is 0 Å². The number of aromatic amines is 1. The SMILES string of the molecule is CCC(C)(O)CNC(=O)Cn1[nH]c(=O)ccc1=O. The van der Waals surface area contributed by atoms with Crippen molar-refractivity contribution in [3.63, 3.8) is 0 Å². The third-order valence-corrected chi connectivity index (χ3v) is 2.62. The van der Waals surface area contributed by atoms with Crippen molar-refractivity contribution in [2.24, 2.45) is 0 Å². The summed E-state index contributed by atoms with van der Waals surface area (Å²) in [4.78, 5) is 33.9. The van der Waals surface area contributed by atoms with Crippen LogP contribution in [0.1, 0.15) is 20.3 Å².